The molecule has 146 valence electrons. The zero-order valence-corrected chi connectivity index (χ0v) is 14.4. The number of rotatable bonds is 4. The Kier molecular flexibility index (Phi) is 4.45. The maximum atomic E-state index is 13.3. The number of piperidine rings is 1. The molecule has 2 N–H and O–H groups in total. The number of fused-ring (bicyclic) bond motifs is 2. The monoisotopic (exact) mass is 385 g/mol. The van der Waals surface area contributed by atoms with Crippen LogP contribution in [0.25, 0.3) is 0 Å². The number of hydrogen-bond donors (Lipinski definition) is 1. The predicted octanol–water partition coefficient (Wildman–Crippen LogP) is 2.95. The molecule has 2 aliphatic rings. The number of nitrogens with zero attached hydrogens (tertiary/aromatic N) is 4. The molecule has 0 amide bonds. The van der Waals surface area contributed by atoms with Crippen LogP contribution in [0.2, 0.25) is 0 Å². The minimum Gasteiger partial charge on any atom is -0.424 e. The summed E-state index contributed by atoms with van der Waals surface area (Å²) in [7, 11) is 0. The molecule has 1 saturated heterocycles. The van der Waals surface area contributed by atoms with E-state index in [-0.39, 0.29) is 35.6 Å². The first-order valence-electron chi connectivity index (χ1n) is 8.74. The average molecular weight is 385 g/mol. The smallest absolute Gasteiger partial charge is 0.408 e. The Morgan fingerprint density at radius 2 is 1.89 bits per heavy atom. The van der Waals surface area contributed by atoms with Gasteiger partial charge in [0.25, 0.3) is 0 Å². The number of benzene rings is 1. The van der Waals surface area contributed by atoms with Crippen molar-refractivity contribution < 1.29 is 22.3 Å². The fourth-order valence-corrected chi connectivity index (χ4v) is 3.86. The van der Waals surface area contributed by atoms with Crippen molar-refractivity contribution in [2.24, 2.45) is 17.6 Å². The van der Waals surface area contributed by atoms with Crippen molar-refractivity contribution in [3.05, 3.63) is 30.1 Å². The first kappa shape index (κ1) is 18.0. The lowest BCUT2D eigenvalue weighted by Gasteiger charge is -2.35. The van der Waals surface area contributed by atoms with Crippen LogP contribution in [-0.4, -0.2) is 40.1 Å². The number of ether oxygens (including phenoxy) is 1. The third-order valence-corrected chi connectivity index (χ3v) is 5.15. The van der Waals surface area contributed by atoms with Gasteiger partial charge in [0.2, 0.25) is 5.95 Å². The lowest BCUT2D eigenvalue weighted by Crippen LogP contribution is -2.49. The number of aromatic nitrogens is 3. The third-order valence-electron chi connectivity index (χ3n) is 5.15. The lowest BCUT2D eigenvalue weighted by molar-refractivity contribution is -0.143. The van der Waals surface area contributed by atoms with Gasteiger partial charge in [0.05, 0.1) is 0 Å². The van der Waals surface area contributed by atoms with Crippen LogP contribution in [0.15, 0.2) is 24.3 Å². The second-order valence-corrected chi connectivity index (χ2v) is 7.11. The predicted molar refractivity (Wildman–Crippen MR) is 89.0 cm³/mol. The molecule has 2 unspecified atom stereocenters. The summed E-state index contributed by atoms with van der Waals surface area (Å²) >= 11 is 0. The molecule has 2 fully saturated rings. The Labute approximate surface area is 152 Å². The van der Waals surface area contributed by atoms with E-state index in [2.05, 4.69) is 10.1 Å². The topological polar surface area (TPSA) is 69.2 Å². The van der Waals surface area contributed by atoms with Crippen LogP contribution in [0.4, 0.5) is 23.5 Å². The highest BCUT2D eigenvalue weighted by Gasteiger charge is 2.41. The number of halogens is 4. The number of nitrogens with two attached hydrogens (primary N) is 1. The van der Waals surface area contributed by atoms with Crippen LogP contribution in [0.1, 0.15) is 12.8 Å². The fourth-order valence-electron chi connectivity index (χ4n) is 3.86. The minimum absolute atomic E-state index is 0.0538. The molecular weight excluding hydrogens is 366 g/mol. The van der Waals surface area contributed by atoms with E-state index in [9.17, 15) is 17.6 Å². The molecule has 0 spiro atoms. The zero-order valence-electron chi connectivity index (χ0n) is 14.4. The molecule has 1 aromatic carbocycles. The summed E-state index contributed by atoms with van der Waals surface area (Å²) in [5.74, 6) is 0.237. The Morgan fingerprint density at radius 1 is 1.19 bits per heavy atom. The summed E-state index contributed by atoms with van der Waals surface area (Å²) in [6.07, 6.45) is -2.50. The highest BCUT2D eigenvalue weighted by molar-refractivity contribution is 5.35. The molecule has 6 nitrogen and oxygen atoms in total. The van der Waals surface area contributed by atoms with Gasteiger partial charge in [-0.1, -0.05) is 6.07 Å². The van der Waals surface area contributed by atoms with Gasteiger partial charge in [0, 0.05) is 25.2 Å². The SMILES string of the molecule is NC1C2CCC1CN(c1nc(Oc3cccc(F)c3)n(CC(F)(F)F)n1)C2. The van der Waals surface area contributed by atoms with Crippen molar-refractivity contribution in [1.82, 2.24) is 14.8 Å². The maximum absolute atomic E-state index is 13.3. The molecule has 1 aliphatic carbocycles. The van der Waals surface area contributed by atoms with E-state index in [1.54, 1.807) is 0 Å². The van der Waals surface area contributed by atoms with Crippen molar-refractivity contribution in [3.8, 4) is 11.8 Å². The zero-order chi connectivity index (χ0) is 19.2. The third kappa shape index (κ3) is 3.85. The van der Waals surface area contributed by atoms with Crippen LogP contribution in [-0.2, 0) is 6.54 Å². The van der Waals surface area contributed by atoms with Crippen LogP contribution < -0.4 is 15.4 Å². The first-order chi connectivity index (χ1) is 12.8. The summed E-state index contributed by atoms with van der Waals surface area (Å²) in [5, 5.41) is 4.01. The molecule has 1 aliphatic heterocycles. The van der Waals surface area contributed by atoms with Gasteiger partial charge in [-0.3, -0.25) is 0 Å². The second kappa shape index (κ2) is 6.66. The Balaban J connectivity index is 1.61. The maximum Gasteiger partial charge on any atom is 0.408 e. The molecule has 10 heteroatoms. The van der Waals surface area contributed by atoms with Crippen LogP contribution in [0, 0.1) is 17.7 Å². The Bertz CT molecular complexity index is 810. The van der Waals surface area contributed by atoms with Crippen LogP contribution >= 0.6 is 0 Å². The molecule has 1 aromatic heterocycles. The molecule has 2 bridgehead atoms. The van der Waals surface area contributed by atoms with E-state index in [0.717, 1.165) is 18.9 Å². The number of alkyl halides is 3. The van der Waals surface area contributed by atoms with Gasteiger partial charge in [-0.25, -0.2) is 9.07 Å². The van der Waals surface area contributed by atoms with Crippen LogP contribution in [0.3, 0.4) is 0 Å². The molecule has 2 atom stereocenters. The average Bonchev–Trinajstić information content (AvgIpc) is 3.02. The molecule has 1 saturated carbocycles. The highest BCUT2D eigenvalue weighted by atomic mass is 19.4. The normalized spacial score (nSPS) is 25.1. The van der Waals surface area contributed by atoms with Crippen molar-refractivity contribution in [1.29, 1.82) is 0 Å². The quantitative estimate of drug-likeness (QED) is 0.820. The van der Waals surface area contributed by atoms with Gasteiger partial charge in [0.15, 0.2) is 0 Å². The van der Waals surface area contributed by atoms with Gasteiger partial charge in [-0.05, 0) is 36.8 Å². The summed E-state index contributed by atoms with van der Waals surface area (Å²) < 4.78 is 58.2. The van der Waals surface area contributed by atoms with E-state index in [1.165, 1.54) is 18.2 Å². The number of hydrogen-bond acceptors (Lipinski definition) is 5. The lowest BCUT2D eigenvalue weighted by atomic mass is 9.93. The minimum atomic E-state index is -4.49. The van der Waals surface area contributed by atoms with Crippen LogP contribution in [0.5, 0.6) is 11.8 Å². The summed E-state index contributed by atoms with van der Waals surface area (Å²) in [6.45, 7) is -0.134. The summed E-state index contributed by atoms with van der Waals surface area (Å²) in [5.41, 5.74) is 6.18. The van der Waals surface area contributed by atoms with Crippen molar-refractivity contribution in [3.63, 3.8) is 0 Å². The highest BCUT2D eigenvalue weighted by Crippen LogP contribution is 2.37. The molecule has 27 heavy (non-hydrogen) atoms. The van der Waals surface area contributed by atoms with Gasteiger partial charge in [0.1, 0.15) is 18.1 Å². The van der Waals surface area contributed by atoms with Gasteiger partial charge in [-0.2, -0.15) is 18.2 Å². The Hall–Kier alpha value is -2.36. The van der Waals surface area contributed by atoms with Gasteiger partial charge < -0.3 is 15.4 Å². The van der Waals surface area contributed by atoms with Crippen molar-refractivity contribution >= 4 is 5.95 Å². The molecule has 0 radical (unpaired) electrons. The molecule has 2 aromatic rings. The second-order valence-electron chi connectivity index (χ2n) is 7.11. The fraction of sp³-hybridized carbons (Fsp3) is 0.529. The number of anilines is 1. The van der Waals surface area contributed by atoms with E-state index < -0.39 is 18.5 Å². The summed E-state index contributed by atoms with van der Waals surface area (Å²) in [6, 6.07) is 4.92. The Morgan fingerprint density at radius 3 is 2.52 bits per heavy atom. The largest absolute Gasteiger partial charge is 0.424 e. The van der Waals surface area contributed by atoms with Gasteiger partial charge in [-0.15, -0.1) is 5.10 Å². The van der Waals surface area contributed by atoms with Crippen molar-refractivity contribution in [2.75, 3.05) is 18.0 Å². The van der Waals surface area contributed by atoms with Gasteiger partial charge >= 0.3 is 12.2 Å². The van der Waals surface area contributed by atoms with E-state index in [1.807, 2.05) is 4.90 Å². The van der Waals surface area contributed by atoms with E-state index in [0.29, 0.717) is 17.8 Å². The molecule has 2 heterocycles. The molecule has 4 rings (SSSR count). The van der Waals surface area contributed by atoms with E-state index >= 15 is 0 Å². The molecular formula is C17H19F4N5O. The van der Waals surface area contributed by atoms with Crippen molar-refractivity contribution in [2.45, 2.75) is 31.6 Å². The first-order valence-corrected chi connectivity index (χ1v) is 8.74. The summed E-state index contributed by atoms with van der Waals surface area (Å²) in [4.78, 5) is 6.02. The standard InChI is InChI=1S/C17H19F4N5O/c18-12-2-1-3-13(6-12)27-16-23-15(24-26(16)9-17(19,20)21)25-7-10-4-5-11(8-25)14(10)22/h1-3,6,10-11,14H,4-5,7-9,22H2. The van der Waals surface area contributed by atoms with E-state index in [4.69, 9.17) is 10.5 Å².